The highest BCUT2D eigenvalue weighted by Gasteiger charge is 2.27. The number of aromatic nitrogens is 2. The highest BCUT2D eigenvalue weighted by Crippen LogP contribution is 2.25. The number of nitrogens with zero attached hydrogens (tertiary/aromatic N) is 4. The molecule has 0 aliphatic carbocycles. The summed E-state index contributed by atoms with van der Waals surface area (Å²) in [7, 11) is 0. The van der Waals surface area contributed by atoms with E-state index >= 15 is 0 Å². The van der Waals surface area contributed by atoms with Crippen LogP contribution in [0.15, 0.2) is 60.7 Å². The number of benzene rings is 2. The summed E-state index contributed by atoms with van der Waals surface area (Å²) in [4.78, 5) is 17.5. The Morgan fingerprint density at radius 2 is 1.77 bits per heavy atom. The number of rotatable bonds is 5. The predicted molar refractivity (Wildman–Crippen MR) is 121 cm³/mol. The first kappa shape index (κ1) is 20.6. The first-order valence-electron chi connectivity index (χ1n) is 10.5. The molecule has 0 saturated carbocycles. The van der Waals surface area contributed by atoms with Gasteiger partial charge in [-0.1, -0.05) is 54.1 Å². The lowest BCUT2D eigenvalue weighted by atomic mass is 10.1. The van der Waals surface area contributed by atoms with Crippen molar-refractivity contribution in [3.8, 4) is 11.3 Å². The lowest BCUT2D eigenvalue weighted by Crippen LogP contribution is -2.49. The fraction of sp³-hybridized carbons (Fsp3) is 0.333. The van der Waals surface area contributed by atoms with Crippen molar-refractivity contribution in [1.29, 1.82) is 0 Å². The van der Waals surface area contributed by atoms with E-state index in [1.165, 1.54) is 5.56 Å². The van der Waals surface area contributed by atoms with Crippen LogP contribution in [-0.2, 0) is 6.54 Å². The van der Waals surface area contributed by atoms with Crippen LogP contribution in [0.25, 0.3) is 11.3 Å². The molecule has 1 aliphatic rings. The van der Waals surface area contributed by atoms with E-state index in [2.05, 4.69) is 41.2 Å². The maximum atomic E-state index is 13.1. The molecule has 1 unspecified atom stereocenters. The molecule has 5 nitrogen and oxygen atoms in total. The third-order valence-electron chi connectivity index (χ3n) is 5.85. The highest BCUT2D eigenvalue weighted by atomic mass is 35.5. The molecule has 2 heterocycles. The Balaban J connectivity index is 1.46. The summed E-state index contributed by atoms with van der Waals surface area (Å²) in [6.07, 6.45) is 0. The third kappa shape index (κ3) is 4.27. The minimum absolute atomic E-state index is 0.00232. The number of hydrogen-bond acceptors (Lipinski definition) is 3. The van der Waals surface area contributed by atoms with Gasteiger partial charge in [-0.3, -0.25) is 14.4 Å². The number of halogens is 1. The Labute approximate surface area is 182 Å². The normalized spacial score (nSPS) is 15.9. The van der Waals surface area contributed by atoms with Gasteiger partial charge in [0.15, 0.2) is 5.69 Å². The van der Waals surface area contributed by atoms with Crippen molar-refractivity contribution in [1.82, 2.24) is 19.6 Å². The smallest absolute Gasteiger partial charge is 0.274 e. The Bertz CT molecular complexity index is 1010. The van der Waals surface area contributed by atoms with Crippen LogP contribution in [0.4, 0.5) is 0 Å². The summed E-state index contributed by atoms with van der Waals surface area (Å²) >= 11 is 6.16. The van der Waals surface area contributed by atoms with Crippen molar-refractivity contribution in [2.75, 3.05) is 26.2 Å². The maximum absolute atomic E-state index is 13.1. The molecule has 0 radical (unpaired) electrons. The van der Waals surface area contributed by atoms with Crippen LogP contribution in [0.5, 0.6) is 0 Å². The fourth-order valence-electron chi connectivity index (χ4n) is 4.06. The summed E-state index contributed by atoms with van der Waals surface area (Å²) in [6, 6.07) is 20.4. The Morgan fingerprint density at radius 3 is 2.43 bits per heavy atom. The van der Waals surface area contributed by atoms with Crippen molar-refractivity contribution < 1.29 is 4.79 Å². The Morgan fingerprint density at radius 1 is 1.03 bits per heavy atom. The van der Waals surface area contributed by atoms with Crippen LogP contribution in [0.2, 0.25) is 5.02 Å². The van der Waals surface area contributed by atoms with Crippen molar-refractivity contribution in [3.63, 3.8) is 0 Å². The quantitative estimate of drug-likeness (QED) is 0.596. The molecule has 4 rings (SSSR count). The molecule has 0 N–H and O–H groups in total. The van der Waals surface area contributed by atoms with Gasteiger partial charge >= 0.3 is 0 Å². The van der Waals surface area contributed by atoms with Crippen molar-refractivity contribution in [3.05, 3.63) is 76.9 Å². The van der Waals surface area contributed by atoms with Crippen LogP contribution in [0, 0.1) is 0 Å². The number of carbonyl (C=O) groups excluding carboxylic acids is 1. The van der Waals surface area contributed by atoms with Gasteiger partial charge < -0.3 is 4.90 Å². The molecule has 0 bridgehead atoms. The second kappa shape index (κ2) is 9.02. The second-order valence-electron chi connectivity index (χ2n) is 7.66. The van der Waals surface area contributed by atoms with E-state index in [1.54, 1.807) is 0 Å². The van der Waals surface area contributed by atoms with Crippen LogP contribution in [-0.4, -0.2) is 51.7 Å². The molecule has 1 aromatic heterocycles. The molecule has 1 atom stereocenters. The van der Waals surface area contributed by atoms with E-state index in [4.69, 9.17) is 11.6 Å². The second-order valence-corrected chi connectivity index (χ2v) is 8.09. The standard InChI is InChI=1S/C24H27ClN4O/c1-3-29-23(20-10-7-11-21(25)16-20)17-22(26-29)24(30)28-14-12-27(13-15-28)18(2)19-8-5-4-6-9-19/h4-11,16-18H,3,12-15H2,1-2H3. The van der Waals surface area contributed by atoms with E-state index < -0.39 is 0 Å². The number of piperazine rings is 1. The van der Waals surface area contributed by atoms with Crippen molar-refractivity contribution in [2.24, 2.45) is 0 Å². The van der Waals surface area contributed by atoms with Gasteiger partial charge in [-0.05, 0) is 37.6 Å². The van der Waals surface area contributed by atoms with Gasteiger partial charge in [0.05, 0.1) is 5.69 Å². The molecule has 0 spiro atoms. The summed E-state index contributed by atoms with van der Waals surface area (Å²) < 4.78 is 1.87. The van der Waals surface area contributed by atoms with E-state index in [0.717, 1.165) is 24.3 Å². The predicted octanol–water partition coefficient (Wildman–Crippen LogP) is 4.74. The number of carbonyl (C=O) groups is 1. The molecular formula is C24H27ClN4O. The van der Waals surface area contributed by atoms with Crippen molar-refractivity contribution in [2.45, 2.75) is 26.4 Å². The zero-order chi connectivity index (χ0) is 21.1. The van der Waals surface area contributed by atoms with Crippen LogP contribution in [0.1, 0.15) is 35.9 Å². The lowest BCUT2D eigenvalue weighted by Gasteiger charge is -2.38. The number of hydrogen-bond donors (Lipinski definition) is 0. The van der Waals surface area contributed by atoms with Gasteiger partial charge in [0.1, 0.15) is 0 Å². The first-order chi connectivity index (χ1) is 14.6. The third-order valence-corrected chi connectivity index (χ3v) is 6.09. The van der Waals surface area contributed by atoms with Gasteiger partial charge in [-0.25, -0.2) is 0 Å². The van der Waals surface area contributed by atoms with Gasteiger partial charge in [0, 0.05) is 49.4 Å². The van der Waals surface area contributed by atoms with E-state index in [0.29, 0.717) is 36.4 Å². The average Bonchev–Trinajstić information content (AvgIpc) is 3.23. The first-order valence-corrected chi connectivity index (χ1v) is 10.9. The topological polar surface area (TPSA) is 41.4 Å². The lowest BCUT2D eigenvalue weighted by molar-refractivity contribution is 0.0576. The largest absolute Gasteiger partial charge is 0.335 e. The Kier molecular flexibility index (Phi) is 6.21. The van der Waals surface area contributed by atoms with Crippen molar-refractivity contribution >= 4 is 17.5 Å². The monoisotopic (exact) mass is 422 g/mol. The summed E-state index contributed by atoms with van der Waals surface area (Å²) in [5, 5.41) is 5.25. The van der Waals surface area contributed by atoms with Crippen LogP contribution < -0.4 is 0 Å². The molecule has 156 valence electrons. The molecule has 1 amide bonds. The molecule has 1 saturated heterocycles. The highest BCUT2D eigenvalue weighted by molar-refractivity contribution is 6.30. The molecular weight excluding hydrogens is 396 g/mol. The minimum atomic E-state index is -0.00232. The minimum Gasteiger partial charge on any atom is -0.335 e. The van der Waals surface area contributed by atoms with E-state index in [-0.39, 0.29) is 5.91 Å². The average molecular weight is 423 g/mol. The van der Waals surface area contributed by atoms with Gasteiger partial charge in [-0.2, -0.15) is 5.10 Å². The number of amides is 1. The van der Waals surface area contributed by atoms with Crippen LogP contribution in [0.3, 0.4) is 0 Å². The molecule has 3 aromatic rings. The summed E-state index contributed by atoms with van der Waals surface area (Å²) in [6.45, 7) is 8.08. The zero-order valence-corrected chi connectivity index (χ0v) is 18.2. The van der Waals surface area contributed by atoms with Crippen LogP contribution >= 0.6 is 11.6 Å². The fourth-order valence-corrected chi connectivity index (χ4v) is 4.25. The molecule has 6 heteroatoms. The summed E-state index contributed by atoms with van der Waals surface area (Å²) in [5.41, 5.74) is 3.69. The van der Waals surface area contributed by atoms with E-state index in [9.17, 15) is 4.79 Å². The van der Waals surface area contributed by atoms with Gasteiger partial charge in [-0.15, -0.1) is 0 Å². The van der Waals surface area contributed by atoms with E-state index in [1.807, 2.05) is 52.9 Å². The molecule has 30 heavy (non-hydrogen) atoms. The molecule has 1 fully saturated rings. The number of aryl methyl sites for hydroxylation is 1. The zero-order valence-electron chi connectivity index (χ0n) is 17.5. The molecule has 2 aromatic carbocycles. The SMILES string of the molecule is CCn1nc(C(=O)N2CCN(C(C)c3ccccc3)CC2)cc1-c1cccc(Cl)c1. The van der Waals surface area contributed by atoms with Gasteiger partial charge in [0.2, 0.25) is 0 Å². The maximum Gasteiger partial charge on any atom is 0.274 e. The Hall–Kier alpha value is -2.63. The van der Waals surface area contributed by atoms with Gasteiger partial charge in [0.25, 0.3) is 5.91 Å². The summed E-state index contributed by atoms with van der Waals surface area (Å²) in [5.74, 6) is -0.00232. The molecule has 1 aliphatic heterocycles.